The molecular weight excluding hydrogens is 289 g/mol. The van der Waals surface area contributed by atoms with Crippen LogP contribution in [0.15, 0.2) is 12.1 Å². The zero-order chi connectivity index (χ0) is 10.1. The van der Waals surface area contributed by atoms with Crippen LogP contribution in [0.5, 0.6) is 0 Å². The van der Waals surface area contributed by atoms with Crippen molar-refractivity contribution in [3.8, 4) is 0 Å². The number of hydrogen-bond donors (Lipinski definition) is 1. The zero-order valence-corrected chi connectivity index (χ0v) is 10.2. The molecule has 1 aromatic carbocycles. The van der Waals surface area contributed by atoms with E-state index in [1.54, 1.807) is 0 Å². The zero-order valence-electron chi connectivity index (χ0n) is 8.06. The average molecular weight is 301 g/mol. The van der Waals surface area contributed by atoms with Gasteiger partial charge < -0.3 is 5.32 Å². The van der Waals surface area contributed by atoms with Gasteiger partial charge in [-0.2, -0.15) is 0 Å². The lowest BCUT2D eigenvalue weighted by atomic mass is 9.97. The minimum absolute atomic E-state index is 0.146. The van der Waals surface area contributed by atoms with E-state index in [1.807, 2.05) is 0 Å². The van der Waals surface area contributed by atoms with E-state index in [0.29, 0.717) is 6.42 Å². The Morgan fingerprint density at radius 3 is 2.93 bits per heavy atom. The molecule has 0 saturated heterocycles. The van der Waals surface area contributed by atoms with Gasteiger partial charge >= 0.3 is 0 Å². The average Bonchev–Trinajstić information content (AvgIpc) is 2.17. The van der Waals surface area contributed by atoms with Gasteiger partial charge in [0.05, 0.1) is 0 Å². The number of fused-ring (bicyclic) bond motifs is 1. The number of halogens is 1. The van der Waals surface area contributed by atoms with Crippen molar-refractivity contribution in [1.29, 1.82) is 0 Å². The summed E-state index contributed by atoms with van der Waals surface area (Å²) in [5, 5.41) is 2.96. The molecule has 1 N–H and O–H groups in total. The third kappa shape index (κ3) is 1.78. The number of aryl methyl sites for hydroxylation is 2. The predicted octanol–water partition coefficient (Wildman–Crippen LogP) is 2.81. The number of benzene rings is 1. The first kappa shape index (κ1) is 9.96. The molecule has 14 heavy (non-hydrogen) atoms. The van der Waals surface area contributed by atoms with E-state index < -0.39 is 0 Å². The fourth-order valence-corrected chi connectivity index (χ4v) is 2.46. The van der Waals surface area contributed by atoms with Gasteiger partial charge in [-0.1, -0.05) is 40.3 Å². The van der Waals surface area contributed by atoms with Crippen LogP contribution in [-0.2, 0) is 15.6 Å². The van der Waals surface area contributed by atoms with Gasteiger partial charge in [0, 0.05) is 16.5 Å². The highest BCUT2D eigenvalue weighted by molar-refractivity contribution is 14.1. The Morgan fingerprint density at radius 1 is 1.43 bits per heavy atom. The largest absolute Gasteiger partial charge is 0.326 e. The summed E-state index contributed by atoms with van der Waals surface area (Å²) in [5.74, 6) is 0.146. The molecule has 0 aromatic heterocycles. The molecule has 1 aliphatic rings. The van der Waals surface area contributed by atoms with Gasteiger partial charge in [0.1, 0.15) is 0 Å². The molecule has 0 spiro atoms. The van der Waals surface area contributed by atoms with Gasteiger partial charge in [0.25, 0.3) is 0 Å². The Kier molecular flexibility index (Phi) is 2.76. The highest BCUT2D eigenvalue weighted by Crippen LogP contribution is 2.29. The lowest BCUT2D eigenvalue weighted by Crippen LogP contribution is -2.20. The minimum atomic E-state index is 0.146. The summed E-state index contributed by atoms with van der Waals surface area (Å²) in [4.78, 5) is 11.3. The van der Waals surface area contributed by atoms with Crippen molar-refractivity contribution in [2.24, 2.45) is 0 Å². The van der Waals surface area contributed by atoms with Crippen LogP contribution in [0.4, 0.5) is 5.69 Å². The molecule has 0 bridgehead atoms. The van der Waals surface area contributed by atoms with E-state index in [-0.39, 0.29) is 5.91 Å². The number of amides is 1. The highest BCUT2D eigenvalue weighted by Gasteiger charge is 2.17. The maximum atomic E-state index is 11.3. The van der Waals surface area contributed by atoms with E-state index in [4.69, 9.17) is 0 Å². The first-order valence-electron chi connectivity index (χ1n) is 4.69. The molecule has 0 unspecified atom stereocenters. The second-order valence-corrected chi connectivity index (χ2v) is 4.40. The molecule has 2 rings (SSSR count). The van der Waals surface area contributed by atoms with Crippen LogP contribution in [0, 0.1) is 6.92 Å². The SMILES string of the molecule is Cc1cc(CI)c2c(c1)CCC(=O)N2. The summed E-state index contributed by atoms with van der Waals surface area (Å²) < 4.78 is 0.946. The van der Waals surface area contributed by atoms with Gasteiger partial charge in [-0.05, 0) is 24.5 Å². The van der Waals surface area contributed by atoms with Crippen molar-refractivity contribution >= 4 is 34.2 Å². The molecule has 3 heteroatoms. The summed E-state index contributed by atoms with van der Waals surface area (Å²) in [6.07, 6.45) is 1.50. The normalized spacial score (nSPS) is 14.9. The third-order valence-corrected chi connectivity index (χ3v) is 3.30. The van der Waals surface area contributed by atoms with Crippen LogP contribution in [-0.4, -0.2) is 5.91 Å². The van der Waals surface area contributed by atoms with E-state index in [9.17, 15) is 4.79 Å². The number of anilines is 1. The summed E-state index contributed by atoms with van der Waals surface area (Å²) in [6.45, 7) is 2.10. The van der Waals surface area contributed by atoms with E-state index >= 15 is 0 Å². The summed E-state index contributed by atoms with van der Waals surface area (Å²) in [7, 11) is 0. The molecule has 1 amide bonds. The van der Waals surface area contributed by atoms with Crippen LogP contribution in [0.1, 0.15) is 23.1 Å². The van der Waals surface area contributed by atoms with Crippen LogP contribution < -0.4 is 5.32 Å². The summed E-state index contributed by atoms with van der Waals surface area (Å²) in [6, 6.07) is 4.32. The molecular formula is C11H12INO. The van der Waals surface area contributed by atoms with Gasteiger partial charge in [-0.15, -0.1) is 0 Å². The fourth-order valence-electron chi connectivity index (χ4n) is 1.86. The Balaban J connectivity index is 2.52. The molecule has 2 nitrogen and oxygen atoms in total. The second kappa shape index (κ2) is 3.88. The first-order valence-corrected chi connectivity index (χ1v) is 6.21. The molecule has 1 aromatic rings. The van der Waals surface area contributed by atoms with Crippen molar-refractivity contribution in [2.75, 3.05) is 5.32 Å². The second-order valence-electron chi connectivity index (χ2n) is 3.64. The number of rotatable bonds is 1. The minimum Gasteiger partial charge on any atom is -0.326 e. The van der Waals surface area contributed by atoms with Gasteiger partial charge in [-0.25, -0.2) is 0 Å². The number of carbonyl (C=O) groups excluding carboxylic acids is 1. The van der Waals surface area contributed by atoms with E-state index in [0.717, 1.165) is 16.5 Å². The Morgan fingerprint density at radius 2 is 2.21 bits per heavy atom. The van der Waals surface area contributed by atoms with Crippen LogP contribution >= 0.6 is 22.6 Å². The Labute approximate surface area is 97.2 Å². The number of carbonyl (C=O) groups is 1. The quantitative estimate of drug-likeness (QED) is 0.627. The molecule has 0 atom stereocenters. The van der Waals surface area contributed by atoms with Crippen molar-refractivity contribution < 1.29 is 4.79 Å². The van der Waals surface area contributed by atoms with E-state index in [1.165, 1.54) is 16.7 Å². The fraction of sp³-hybridized carbons (Fsp3) is 0.364. The molecule has 1 aliphatic heterocycles. The monoisotopic (exact) mass is 301 g/mol. The van der Waals surface area contributed by atoms with Crippen molar-refractivity contribution in [2.45, 2.75) is 24.2 Å². The lowest BCUT2D eigenvalue weighted by molar-refractivity contribution is -0.116. The van der Waals surface area contributed by atoms with Crippen molar-refractivity contribution in [1.82, 2.24) is 0 Å². The van der Waals surface area contributed by atoms with Crippen molar-refractivity contribution in [3.05, 3.63) is 28.8 Å². The first-order chi connectivity index (χ1) is 6.70. The maximum absolute atomic E-state index is 11.3. The topological polar surface area (TPSA) is 29.1 Å². The van der Waals surface area contributed by atoms with Crippen LogP contribution in [0.3, 0.4) is 0 Å². The predicted molar refractivity (Wildman–Crippen MR) is 65.9 cm³/mol. The lowest BCUT2D eigenvalue weighted by Gasteiger charge is -2.20. The maximum Gasteiger partial charge on any atom is 0.224 e. The van der Waals surface area contributed by atoms with E-state index in [2.05, 4.69) is 47.0 Å². The molecule has 0 saturated carbocycles. The van der Waals surface area contributed by atoms with Crippen LogP contribution in [0.2, 0.25) is 0 Å². The summed E-state index contributed by atoms with van der Waals surface area (Å²) in [5.41, 5.74) is 4.87. The standard InChI is InChI=1S/C11H12INO/c1-7-4-8-2-3-10(14)13-11(8)9(5-7)6-12/h4-5H,2-3,6H2,1H3,(H,13,14). The summed E-state index contributed by atoms with van der Waals surface area (Å²) >= 11 is 2.33. The smallest absolute Gasteiger partial charge is 0.224 e. The third-order valence-electron chi connectivity index (χ3n) is 2.48. The Bertz CT molecular complexity index is 370. The molecule has 0 fully saturated rings. The number of alkyl halides is 1. The Hall–Kier alpha value is -0.580. The van der Waals surface area contributed by atoms with Gasteiger partial charge in [0.2, 0.25) is 5.91 Å². The van der Waals surface area contributed by atoms with Gasteiger partial charge in [-0.3, -0.25) is 4.79 Å². The van der Waals surface area contributed by atoms with Gasteiger partial charge in [0.15, 0.2) is 0 Å². The molecule has 0 radical (unpaired) electrons. The van der Waals surface area contributed by atoms with Crippen molar-refractivity contribution in [3.63, 3.8) is 0 Å². The molecule has 74 valence electrons. The highest BCUT2D eigenvalue weighted by atomic mass is 127. The number of hydrogen-bond acceptors (Lipinski definition) is 1. The molecule has 1 heterocycles. The molecule has 0 aliphatic carbocycles. The number of nitrogens with one attached hydrogen (secondary N) is 1. The van der Waals surface area contributed by atoms with Crippen LogP contribution in [0.25, 0.3) is 0 Å².